The average Bonchev–Trinajstić information content (AvgIpc) is 3.26. The molecule has 3 aromatic rings. The van der Waals surface area contributed by atoms with Gasteiger partial charge in [0.1, 0.15) is 24.1 Å². The number of ether oxygens (including phenoxy) is 1. The summed E-state index contributed by atoms with van der Waals surface area (Å²) in [5.41, 5.74) is 1.24. The number of aromatic nitrogens is 4. The quantitative estimate of drug-likeness (QED) is 0.522. The lowest BCUT2D eigenvalue weighted by Gasteiger charge is -2.27. The molecule has 4 rings (SSSR count). The number of rotatable bonds is 7. The van der Waals surface area contributed by atoms with Crippen molar-refractivity contribution in [2.75, 3.05) is 41.7 Å². The summed E-state index contributed by atoms with van der Waals surface area (Å²) in [7, 11) is -1.87. The molecular weight excluding hydrogens is 454 g/mol. The topological polar surface area (TPSA) is 93.2 Å². The minimum Gasteiger partial charge on any atom is -0.378 e. The predicted molar refractivity (Wildman–Crippen MR) is 119 cm³/mol. The van der Waals surface area contributed by atoms with Crippen molar-refractivity contribution in [2.45, 2.75) is 13.3 Å². The third-order valence-corrected chi connectivity index (χ3v) is 6.66. The van der Waals surface area contributed by atoms with Crippen LogP contribution in [0.25, 0.3) is 16.9 Å². The van der Waals surface area contributed by atoms with E-state index in [1.54, 1.807) is 6.92 Å². The van der Waals surface area contributed by atoms with Gasteiger partial charge in [0.05, 0.1) is 36.4 Å². The van der Waals surface area contributed by atoms with E-state index < -0.39 is 27.3 Å². The second kappa shape index (κ2) is 9.40. The Hall–Kier alpha value is -3.12. The molecule has 1 aliphatic rings. The van der Waals surface area contributed by atoms with E-state index in [0.717, 1.165) is 35.6 Å². The van der Waals surface area contributed by atoms with Gasteiger partial charge in [0.15, 0.2) is 24.0 Å². The minimum atomic E-state index is -3.75. The number of benzene rings is 1. The lowest BCUT2D eigenvalue weighted by molar-refractivity contribution is -0.670. The minimum absolute atomic E-state index is 0.177. The molecule has 0 saturated carbocycles. The van der Waals surface area contributed by atoms with Crippen LogP contribution in [-0.2, 0) is 21.8 Å². The lowest BCUT2D eigenvalue weighted by atomic mass is 10.2. The molecule has 0 atom stereocenters. The Morgan fingerprint density at radius 3 is 2.70 bits per heavy atom. The molecule has 1 saturated heterocycles. The number of anilines is 2. The van der Waals surface area contributed by atoms with Crippen LogP contribution in [0.15, 0.2) is 36.8 Å². The van der Waals surface area contributed by atoms with E-state index >= 15 is 4.39 Å². The molecule has 9 nitrogen and oxygen atoms in total. The van der Waals surface area contributed by atoms with Gasteiger partial charge in [-0.2, -0.15) is 0 Å². The summed E-state index contributed by atoms with van der Waals surface area (Å²) >= 11 is 0. The fourth-order valence-electron chi connectivity index (χ4n) is 3.66. The summed E-state index contributed by atoms with van der Waals surface area (Å²) in [5.74, 6) is -2.14. The molecule has 1 fully saturated rings. The number of halogens is 2. The van der Waals surface area contributed by atoms with Crippen molar-refractivity contribution >= 4 is 21.4 Å². The van der Waals surface area contributed by atoms with E-state index in [9.17, 15) is 12.8 Å². The number of nitrogens with one attached hydrogen (secondary N) is 1. The molecule has 0 amide bonds. The summed E-state index contributed by atoms with van der Waals surface area (Å²) in [6, 6.07) is 3.97. The van der Waals surface area contributed by atoms with Crippen LogP contribution < -0.4 is 14.2 Å². The molecule has 0 unspecified atom stereocenters. The summed E-state index contributed by atoms with van der Waals surface area (Å²) in [6.07, 6.45) is 5.58. The largest absolute Gasteiger partial charge is 0.378 e. The van der Waals surface area contributed by atoms with Crippen LogP contribution in [0.4, 0.5) is 20.2 Å². The summed E-state index contributed by atoms with van der Waals surface area (Å²) < 4.78 is 64.2. The highest BCUT2D eigenvalue weighted by Crippen LogP contribution is 2.27. The Bertz CT molecular complexity index is 1260. The number of morpholine rings is 1. The standard InChI is InChI=1S/C21H25F2N6O3S/c1-3-10-33(30,31)25-18-5-4-17(22)21(20(18)23)29-14-19(24-26-29)15-11-16(13-27(2)12-15)28-6-8-32-9-7-28/h4-5,11-14,25H,3,6-10H2,1-2H3/q+1. The fraction of sp³-hybridized carbons (Fsp3) is 0.381. The molecule has 1 aromatic carbocycles. The highest BCUT2D eigenvalue weighted by atomic mass is 32.2. The van der Waals surface area contributed by atoms with Crippen molar-refractivity contribution in [1.29, 1.82) is 0 Å². The second-order valence-corrected chi connectivity index (χ2v) is 9.62. The fourth-order valence-corrected chi connectivity index (χ4v) is 4.79. The molecule has 176 valence electrons. The molecule has 12 heteroatoms. The first kappa shape index (κ1) is 23.1. The number of pyridine rings is 1. The van der Waals surface area contributed by atoms with Crippen LogP contribution in [0.2, 0.25) is 0 Å². The number of nitrogens with zero attached hydrogens (tertiary/aromatic N) is 5. The van der Waals surface area contributed by atoms with Crippen LogP contribution in [0.3, 0.4) is 0 Å². The zero-order valence-corrected chi connectivity index (χ0v) is 19.1. The van der Waals surface area contributed by atoms with Crippen molar-refractivity contribution in [2.24, 2.45) is 7.05 Å². The van der Waals surface area contributed by atoms with Gasteiger partial charge in [-0.3, -0.25) is 4.72 Å². The Morgan fingerprint density at radius 1 is 1.21 bits per heavy atom. The number of hydrogen-bond acceptors (Lipinski definition) is 6. The normalized spacial score (nSPS) is 14.5. The number of hydrogen-bond donors (Lipinski definition) is 1. The van der Waals surface area contributed by atoms with Gasteiger partial charge in [-0.25, -0.2) is 26.4 Å². The Morgan fingerprint density at radius 2 is 1.97 bits per heavy atom. The monoisotopic (exact) mass is 479 g/mol. The molecule has 0 spiro atoms. The van der Waals surface area contributed by atoms with E-state index in [1.165, 1.54) is 6.20 Å². The van der Waals surface area contributed by atoms with Crippen molar-refractivity contribution < 1.29 is 26.5 Å². The van der Waals surface area contributed by atoms with Crippen molar-refractivity contribution in [3.05, 3.63) is 48.4 Å². The number of aryl methyl sites for hydroxylation is 1. The molecule has 33 heavy (non-hydrogen) atoms. The smallest absolute Gasteiger partial charge is 0.232 e. The van der Waals surface area contributed by atoms with E-state index in [-0.39, 0.29) is 11.4 Å². The SMILES string of the molecule is CCCS(=O)(=O)Nc1ccc(F)c(-n2cc(-c3cc(N4CCOCC4)c[n+](C)c3)nn2)c1F. The maximum atomic E-state index is 15.1. The van der Waals surface area contributed by atoms with Crippen LogP contribution in [0.5, 0.6) is 0 Å². The Kier molecular flexibility index (Phi) is 6.56. The molecule has 1 N–H and O–H groups in total. The Labute approximate surface area is 190 Å². The molecular formula is C21H25F2N6O3S+. The van der Waals surface area contributed by atoms with Gasteiger partial charge in [-0.15, -0.1) is 5.10 Å². The summed E-state index contributed by atoms with van der Waals surface area (Å²) in [6.45, 7) is 4.49. The summed E-state index contributed by atoms with van der Waals surface area (Å²) in [4.78, 5) is 2.18. The zero-order chi connectivity index (χ0) is 23.6. The van der Waals surface area contributed by atoms with E-state index in [2.05, 4.69) is 19.9 Å². The second-order valence-electron chi connectivity index (χ2n) is 7.77. The van der Waals surface area contributed by atoms with Gasteiger partial charge in [-0.05, 0) is 24.6 Å². The molecule has 0 aliphatic carbocycles. The predicted octanol–water partition coefficient (Wildman–Crippen LogP) is 2.03. The van der Waals surface area contributed by atoms with E-state index in [0.29, 0.717) is 30.9 Å². The molecule has 2 aromatic heterocycles. The molecule has 3 heterocycles. The summed E-state index contributed by atoms with van der Waals surface area (Å²) in [5, 5.41) is 7.99. The average molecular weight is 480 g/mol. The number of sulfonamides is 1. The van der Waals surface area contributed by atoms with Gasteiger partial charge < -0.3 is 9.64 Å². The van der Waals surface area contributed by atoms with Crippen LogP contribution in [0, 0.1) is 11.6 Å². The molecule has 0 radical (unpaired) electrons. The van der Waals surface area contributed by atoms with E-state index in [1.807, 2.05) is 30.1 Å². The van der Waals surface area contributed by atoms with Gasteiger partial charge in [0.25, 0.3) is 0 Å². The lowest BCUT2D eigenvalue weighted by Crippen LogP contribution is -2.38. The Balaban J connectivity index is 1.68. The first-order valence-corrected chi connectivity index (χ1v) is 12.2. The molecule has 1 aliphatic heterocycles. The van der Waals surface area contributed by atoms with Gasteiger partial charge in [-0.1, -0.05) is 12.1 Å². The first-order valence-electron chi connectivity index (χ1n) is 10.5. The molecule has 0 bridgehead atoms. The maximum absolute atomic E-state index is 15.1. The maximum Gasteiger partial charge on any atom is 0.232 e. The third-order valence-electron chi connectivity index (χ3n) is 5.18. The van der Waals surface area contributed by atoms with Crippen LogP contribution >= 0.6 is 0 Å². The van der Waals surface area contributed by atoms with Crippen LogP contribution in [-0.4, -0.2) is 55.5 Å². The zero-order valence-electron chi connectivity index (χ0n) is 18.3. The van der Waals surface area contributed by atoms with Crippen molar-refractivity contribution in [3.63, 3.8) is 0 Å². The van der Waals surface area contributed by atoms with E-state index in [4.69, 9.17) is 4.74 Å². The van der Waals surface area contributed by atoms with Gasteiger partial charge in [0.2, 0.25) is 10.0 Å². The van der Waals surface area contributed by atoms with Crippen molar-refractivity contribution in [1.82, 2.24) is 15.0 Å². The third kappa shape index (κ3) is 5.11. The van der Waals surface area contributed by atoms with Crippen molar-refractivity contribution in [3.8, 4) is 16.9 Å². The highest BCUT2D eigenvalue weighted by molar-refractivity contribution is 7.92. The van der Waals surface area contributed by atoms with Gasteiger partial charge in [0, 0.05) is 13.1 Å². The van der Waals surface area contributed by atoms with Crippen LogP contribution in [0.1, 0.15) is 13.3 Å². The first-order chi connectivity index (χ1) is 15.8. The van der Waals surface area contributed by atoms with Gasteiger partial charge >= 0.3 is 0 Å². The highest BCUT2D eigenvalue weighted by Gasteiger charge is 2.22.